The molecular weight excluding hydrogens is 580 g/mol. The van der Waals surface area contributed by atoms with E-state index in [1.165, 1.54) is 22.3 Å². The van der Waals surface area contributed by atoms with Crippen LogP contribution in [0.1, 0.15) is 25.7 Å². The van der Waals surface area contributed by atoms with Crippen molar-refractivity contribution in [2.75, 3.05) is 6.54 Å². The zero-order chi connectivity index (χ0) is 29.6. The Bertz CT molecular complexity index is 1670. The van der Waals surface area contributed by atoms with E-state index in [2.05, 4.69) is 27.0 Å². The second kappa shape index (κ2) is 10.7. The fourth-order valence-corrected chi connectivity index (χ4v) is 7.66. The van der Waals surface area contributed by atoms with Crippen molar-refractivity contribution in [3.8, 4) is 17.0 Å². The van der Waals surface area contributed by atoms with Gasteiger partial charge >= 0.3 is 6.03 Å². The lowest BCUT2D eigenvalue weighted by molar-refractivity contribution is -0.131. The number of amides is 4. The topological polar surface area (TPSA) is 173 Å². The maximum atomic E-state index is 13.6. The molecule has 220 valence electrons. The molecule has 4 atom stereocenters. The summed E-state index contributed by atoms with van der Waals surface area (Å²) in [7, 11) is -3.82. The first-order valence-electron chi connectivity index (χ1n) is 13.5. The Morgan fingerprint density at radius 2 is 2.02 bits per heavy atom. The smallest absolute Gasteiger partial charge is 0.332 e. The van der Waals surface area contributed by atoms with Crippen LogP contribution in [0.25, 0.3) is 21.3 Å². The molecule has 1 saturated heterocycles. The van der Waals surface area contributed by atoms with Gasteiger partial charge in [0.2, 0.25) is 15.9 Å². The number of rotatable bonds is 9. The lowest BCUT2D eigenvalue weighted by Gasteiger charge is -2.25. The molecule has 3 aliphatic rings. The maximum Gasteiger partial charge on any atom is 0.332 e. The molecule has 3 fully saturated rings. The molecule has 1 aliphatic heterocycles. The predicted molar refractivity (Wildman–Crippen MR) is 157 cm³/mol. The fraction of sp³-hybridized carbons (Fsp3) is 0.357. The van der Waals surface area contributed by atoms with E-state index in [0.717, 1.165) is 21.3 Å². The number of benzene rings is 1. The highest BCUT2D eigenvalue weighted by Gasteiger charge is 2.61. The summed E-state index contributed by atoms with van der Waals surface area (Å²) < 4.78 is 34.3. The Labute approximate surface area is 246 Å². The number of carbonyl (C=O) groups is 3. The van der Waals surface area contributed by atoms with Gasteiger partial charge < -0.3 is 15.0 Å². The third-order valence-corrected chi connectivity index (χ3v) is 10.7. The van der Waals surface area contributed by atoms with Gasteiger partial charge in [0, 0.05) is 24.1 Å². The van der Waals surface area contributed by atoms with Crippen molar-refractivity contribution < 1.29 is 27.5 Å². The minimum absolute atomic E-state index is 0.0575. The number of hydrazine groups is 1. The number of nitrogens with zero attached hydrogens (tertiary/aromatic N) is 2. The summed E-state index contributed by atoms with van der Waals surface area (Å²) >= 11 is 1.51. The van der Waals surface area contributed by atoms with Gasteiger partial charge in [-0.15, -0.1) is 17.9 Å². The summed E-state index contributed by atoms with van der Waals surface area (Å²) in [6.07, 6.45) is 3.94. The van der Waals surface area contributed by atoms with Gasteiger partial charge in [-0.3, -0.25) is 24.7 Å². The quantitative estimate of drug-likeness (QED) is 0.123. The largest absolute Gasteiger partial charge is 0.487 e. The molecule has 0 spiro atoms. The van der Waals surface area contributed by atoms with E-state index in [1.807, 2.05) is 41.8 Å². The Hall–Kier alpha value is -4.01. The molecule has 42 heavy (non-hydrogen) atoms. The molecule has 4 amide bonds. The van der Waals surface area contributed by atoms with E-state index in [9.17, 15) is 22.8 Å². The number of urea groups is 1. The molecule has 2 unspecified atom stereocenters. The molecule has 2 aliphatic carbocycles. The Morgan fingerprint density at radius 1 is 1.21 bits per heavy atom. The fourth-order valence-electron chi connectivity index (χ4n) is 5.46. The number of nitrogens with two attached hydrogens (primary N) is 1. The number of pyridine rings is 1. The normalized spacial score (nSPS) is 25.1. The van der Waals surface area contributed by atoms with Crippen LogP contribution in [0.15, 0.2) is 60.6 Å². The summed E-state index contributed by atoms with van der Waals surface area (Å²) in [6, 6.07) is 9.83. The van der Waals surface area contributed by atoms with Gasteiger partial charge in [-0.05, 0) is 60.4 Å². The molecule has 0 bridgehead atoms. The molecule has 6 rings (SSSR count). The maximum absolute atomic E-state index is 13.6. The van der Waals surface area contributed by atoms with Gasteiger partial charge in [-0.25, -0.2) is 19.1 Å². The number of likely N-dealkylation sites (tertiary alicyclic amines) is 1. The van der Waals surface area contributed by atoms with Crippen molar-refractivity contribution in [2.24, 2.45) is 11.8 Å². The van der Waals surface area contributed by atoms with Gasteiger partial charge in [0.15, 0.2) is 0 Å². The van der Waals surface area contributed by atoms with E-state index in [1.54, 1.807) is 6.20 Å². The first-order valence-corrected chi connectivity index (χ1v) is 15.9. The highest BCUT2D eigenvalue weighted by molar-refractivity contribution is 7.91. The Kier molecular flexibility index (Phi) is 7.15. The first kappa shape index (κ1) is 28.1. The molecule has 14 heteroatoms. The number of hydrogen-bond donors (Lipinski definition) is 4. The van der Waals surface area contributed by atoms with Crippen molar-refractivity contribution in [1.82, 2.24) is 25.3 Å². The summed E-state index contributed by atoms with van der Waals surface area (Å²) in [5, 5.41) is 5.06. The van der Waals surface area contributed by atoms with Crippen LogP contribution in [0.3, 0.4) is 0 Å². The van der Waals surface area contributed by atoms with Crippen LogP contribution in [0.2, 0.25) is 0 Å². The number of fused-ring (bicyclic) bond motifs is 1. The van der Waals surface area contributed by atoms with E-state index in [4.69, 9.17) is 10.6 Å². The average Bonchev–Trinajstić information content (AvgIpc) is 3.87. The molecule has 2 saturated carbocycles. The SMILES string of the molecule is C=C[C@@H]1CC1(NC(=O)[C@@H]1CC(Oc2cc(-c3ccccn3)cc3ccsc23)CN1C(=O)NN)C(=O)NS(=O)(=O)C1CC1. The van der Waals surface area contributed by atoms with Crippen molar-refractivity contribution in [2.45, 2.75) is 48.6 Å². The highest BCUT2D eigenvalue weighted by Crippen LogP contribution is 2.45. The van der Waals surface area contributed by atoms with Crippen LogP contribution in [0.4, 0.5) is 4.79 Å². The number of nitrogens with one attached hydrogen (secondary N) is 3. The van der Waals surface area contributed by atoms with Gasteiger partial charge in [0.05, 0.1) is 22.2 Å². The minimum Gasteiger partial charge on any atom is -0.487 e. The second-order valence-corrected chi connectivity index (χ2v) is 13.7. The molecule has 1 aromatic carbocycles. The molecule has 0 radical (unpaired) electrons. The van der Waals surface area contributed by atoms with E-state index < -0.39 is 56.7 Å². The van der Waals surface area contributed by atoms with Gasteiger partial charge in [0.1, 0.15) is 23.4 Å². The van der Waals surface area contributed by atoms with E-state index >= 15 is 0 Å². The Morgan fingerprint density at radius 3 is 2.69 bits per heavy atom. The third kappa shape index (κ3) is 5.21. The average molecular weight is 611 g/mol. The van der Waals surface area contributed by atoms with Crippen LogP contribution in [0.5, 0.6) is 5.75 Å². The zero-order valence-electron chi connectivity index (χ0n) is 22.5. The van der Waals surface area contributed by atoms with E-state index in [-0.39, 0.29) is 19.4 Å². The standard InChI is InChI=1S/C28H30N6O6S2/c1-2-18-14-28(18,26(36)33-42(38,39)20-6-7-20)31-25(35)22-13-19(15-34(22)27(37)32-29)40-23-12-17(21-5-3-4-9-30-21)11-16-8-10-41-24(16)23/h2-5,8-12,18-20,22H,1,6-7,13-15,29H2,(H,31,35)(H,32,37)(H,33,36)/t18-,19?,22+,28?/m1/s1. The summed E-state index contributed by atoms with van der Waals surface area (Å²) in [4.78, 5) is 45.2. The van der Waals surface area contributed by atoms with Crippen LogP contribution >= 0.6 is 11.3 Å². The van der Waals surface area contributed by atoms with Crippen molar-refractivity contribution in [1.29, 1.82) is 0 Å². The van der Waals surface area contributed by atoms with Crippen LogP contribution in [-0.2, 0) is 19.6 Å². The van der Waals surface area contributed by atoms with Crippen LogP contribution < -0.4 is 26.0 Å². The number of ether oxygens (including phenoxy) is 1. The number of sulfonamides is 1. The predicted octanol–water partition coefficient (Wildman–Crippen LogP) is 2.04. The molecule has 3 heterocycles. The minimum atomic E-state index is -3.82. The molecular formula is C28H30N6O6S2. The number of aromatic nitrogens is 1. The van der Waals surface area contributed by atoms with E-state index in [0.29, 0.717) is 18.6 Å². The van der Waals surface area contributed by atoms with Gasteiger partial charge in [-0.1, -0.05) is 12.1 Å². The van der Waals surface area contributed by atoms with Gasteiger partial charge in [0.25, 0.3) is 5.91 Å². The van der Waals surface area contributed by atoms with Crippen LogP contribution in [0, 0.1) is 5.92 Å². The summed E-state index contributed by atoms with van der Waals surface area (Å²) in [6.45, 7) is 3.78. The molecule has 3 aromatic rings. The lowest BCUT2D eigenvalue weighted by Crippen LogP contribution is -2.57. The highest BCUT2D eigenvalue weighted by atomic mass is 32.2. The van der Waals surface area contributed by atoms with Crippen LogP contribution in [-0.4, -0.2) is 65.6 Å². The molecule has 2 aromatic heterocycles. The number of thiophene rings is 1. The van der Waals surface area contributed by atoms with Crippen molar-refractivity contribution in [3.05, 3.63) is 60.6 Å². The summed E-state index contributed by atoms with van der Waals surface area (Å²) in [5.41, 5.74) is 2.24. The van der Waals surface area contributed by atoms with Crippen molar-refractivity contribution in [3.63, 3.8) is 0 Å². The second-order valence-electron chi connectivity index (χ2n) is 10.8. The zero-order valence-corrected chi connectivity index (χ0v) is 24.1. The van der Waals surface area contributed by atoms with Gasteiger partial charge in [-0.2, -0.15) is 0 Å². The molecule has 5 N–H and O–H groups in total. The number of carbonyl (C=O) groups excluding carboxylic acids is 3. The first-order chi connectivity index (χ1) is 20.1. The Balaban J connectivity index is 1.23. The number of hydrogen-bond acceptors (Lipinski definition) is 9. The monoisotopic (exact) mass is 610 g/mol. The lowest BCUT2D eigenvalue weighted by atomic mass is 10.1. The summed E-state index contributed by atoms with van der Waals surface area (Å²) in [5.74, 6) is 4.15. The third-order valence-electron chi connectivity index (χ3n) is 7.97. The molecule has 12 nitrogen and oxygen atoms in total. The van der Waals surface area contributed by atoms with Crippen molar-refractivity contribution >= 4 is 49.3 Å².